The topological polar surface area (TPSA) is 68.8 Å². The zero-order valence-electron chi connectivity index (χ0n) is 12.2. The molecule has 1 atom stereocenters. The van der Waals surface area contributed by atoms with Crippen LogP contribution in [0, 0.1) is 11.8 Å². The van der Waals surface area contributed by atoms with Crippen LogP contribution in [0.15, 0.2) is 6.33 Å². The molecule has 0 aromatic carbocycles. The predicted molar refractivity (Wildman–Crippen MR) is 76.3 cm³/mol. The van der Waals surface area contributed by atoms with E-state index in [1.165, 1.54) is 32.1 Å². The Labute approximate surface area is 115 Å². The molecule has 0 saturated heterocycles. The lowest BCUT2D eigenvalue weighted by molar-refractivity contribution is 0.215. The number of hydrogen-bond donors (Lipinski definition) is 2. The standard InChI is InChI=1S/C14H27N5/c1-3-11-5-7-12(8-6-11)13(18-15)9-14-16-10-17-19(14)4-2/h10-13,18H,3-9,15H2,1-2H3. The van der Waals surface area contributed by atoms with Crippen LogP contribution in [0.25, 0.3) is 0 Å². The van der Waals surface area contributed by atoms with E-state index in [1.807, 2.05) is 4.68 Å². The molecule has 0 radical (unpaired) electrons. The van der Waals surface area contributed by atoms with Crippen molar-refractivity contribution in [2.75, 3.05) is 0 Å². The first-order valence-electron chi connectivity index (χ1n) is 7.61. The smallest absolute Gasteiger partial charge is 0.138 e. The maximum Gasteiger partial charge on any atom is 0.138 e. The highest BCUT2D eigenvalue weighted by Crippen LogP contribution is 2.33. The normalized spacial score (nSPS) is 25.4. The number of aromatic nitrogens is 3. The third-order valence-corrected chi connectivity index (χ3v) is 4.65. The third-order valence-electron chi connectivity index (χ3n) is 4.65. The summed E-state index contributed by atoms with van der Waals surface area (Å²) >= 11 is 0. The van der Waals surface area contributed by atoms with Crippen molar-refractivity contribution in [3.8, 4) is 0 Å². The van der Waals surface area contributed by atoms with Crippen LogP contribution in [0.2, 0.25) is 0 Å². The van der Waals surface area contributed by atoms with E-state index >= 15 is 0 Å². The highest BCUT2D eigenvalue weighted by Gasteiger charge is 2.27. The lowest BCUT2D eigenvalue weighted by atomic mass is 9.77. The van der Waals surface area contributed by atoms with Gasteiger partial charge in [0.15, 0.2) is 0 Å². The van der Waals surface area contributed by atoms with Gasteiger partial charge in [0.2, 0.25) is 0 Å². The van der Waals surface area contributed by atoms with E-state index in [1.54, 1.807) is 6.33 Å². The number of aryl methyl sites for hydroxylation is 1. The molecule has 1 fully saturated rings. The predicted octanol–water partition coefficient (Wildman–Crippen LogP) is 1.89. The van der Waals surface area contributed by atoms with Crippen LogP contribution in [0.3, 0.4) is 0 Å². The Balaban J connectivity index is 1.93. The minimum absolute atomic E-state index is 0.326. The Kier molecular flexibility index (Phi) is 5.34. The molecule has 1 saturated carbocycles. The Bertz CT molecular complexity index is 368. The molecule has 0 aliphatic heterocycles. The molecule has 108 valence electrons. The molecular formula is C14H27N5. The highest BCUT2D eigenvalue weighted by atomic mass is 15.3. The molecule has 19 heavy (non-hydrogen) atoms. The molecule has 1 aromatic rings. The molecule has 0 spiro atoms. The summed E-state index contributed by atoms with van der Waals surface area (Å²) in [6.07, 6.45) is 9.10. The fourth-order valence-electron chi connectivity index (χ4n) is 3.27. The summed E-state index contributed by atoms with van der Waals surface area (Å²) in [4.78, 5) is 4.36. The highest BCUT2D eigenvalue weighted by molar-refractivity contribution is 4.92. The van der Waals surface area contributed by atoms with E-state index in [9.17, 15) is 0 Å². The first-order valence-corrected chi connectivity index (χ1v) is 7.61. The quantitative estimate of drug-likeness (QED) is 0.609. The van der Waals surface area contributed by atoms with Gasteiger partial charge in [0, 0.05) is 19.0 Å². The second kappa shape index (κ2) is 7.01. The Morgan fingerprint density at radius 3 is 2.68 bits per heavy atom. The van der Waals surface area contributed by atoms with Crippen LogP contribution in [-0.4, -0.2) is 20.8 Å². The number of hydrogen-bond acceptors (Lipinski definition) is 4. The molecule has 1 aliphatic rings. The minimum atomic E-state index is 0.326. The van der Waals surface area contributed by atoms with Gasteiger partial charge in [-0.2, -0.15) is 5.10 Å². The lowest BCUT2D eigenvalue weighted by Crippen LogP contribution is -2.44. The van der Waals surface area contributed by atoms with Crippen molar-refractivity contribution in [2.24, 2.45) is 17.7 Å². The molecule has 0 amide bonds. The van der Waals surface area contributed by atoms with E-state index in [2.05, 4.69) is 29.4 Å². The molecule has 3 N–H and O–H groups in total. The summed E-state index contributed by atoms with van der Waals surface area (Å²) in [5.74, 6) is 8.42. The van der Waals surface area contributed by atoms with E-state index in [0.717, 1.165) is 24.7 Å². The molecule has 1 unspecified atom stereocenters. The van der Waals surface area contributed by atoms with E-state index < -0.39 is 0 Å². The van der Waals surface area contributed by atoms with Gasteiger partial charge in [-0.05, 0) is 31.6 Å². The molecule has 1 heterocycles. The second-order valence-electron chi connectivity index (χ2n) is 5.66. The van der Waals surface area contributed by atoms with Crippen LogP contribution in [0.5, 0.6) is 0 Å². The SMILES string of the molecule is CCC1CCC(C(Cc2ncnn2CC)NN)CC1. The summed E-state index contributed by atoms with van der Waals surface area (Å²) in [5, 5.41) is 4.23. The van der Waals surface area contributed by atoms with Gasteiger partial charge in [0.05, 0.1) is 0 Å². The van der Waals surface area contributed by atoms with Gasteiger partial charge in [0.1, 0.15) is 12.2 Å². The van der Waals surface area contributed by atoms with Gasteiger partial charge in [-0.1, -0.05) is 26.2 Å². The maximum atomic E-state index is 5.77. The maximum absolute atomic E-state index is 5.77. The molecule has 5 heteroatoms. The molecular weight excluding hydrogens is 238 g/mol. The Hall–Kier alpha value is -0.940. The summed E-state index contributed by atoms with van der Waals surface area (Å²) in [7, 11) is 0. The van der Waals surface area contributed by atoms with Gasteiger partial charge >= 0.3 is 0 Å². The van der Waals surface area contributed by atoms with Crippen molar-refractivity contribution in [3.63, 3.8) is 0 Å². The fraction of sp³-hybridized carbons (Fsp3) is 0.857. The number of nitrogens with zero attached hydrogens (tertiary/aromatic N) is 3. The van der Waals surface area contributed by atoms with Gasteiger partial charge < -0.3 is 0 Å². The van der Waals surface area contributed by atoms with Gasteiger partial charge in [-0.15, -0.1) is 0 Å². The molecule has 2 rings (SSSR count). The monoisotopic (exact) mass is 265 g/mol. The van der Waals surface area contributed by atoms with Crippen molar-refractivity contribution >= 4 is 0 Å². The zero-order valence-corrected chi connectivity index (χ0v) is 12.2. The Morgan fingerprint density at radius 1 is 1.37 bits per heavy atom. The van der Waals surface area contributed by atoms with Crippen molar-refractivity contribution in [2.45, 2.75) is 65.0 Å². The van der Waals surface area contributed by atoms with Gasteiger partial charge in [-0.3, -0.25) is 16.0 Å². The first-order chi connectivity index (χ1) is 9.28. The van der Waals surface area contributed by atoms with Crippen molar-refractivity contribution in [1.82, 2.24) is 20.2 Å². The van der Waals surface area contributed by atoms with Crippen LogP contribution >= 0.6 is 0 Å². The number of rotatable bonds is 6. The average Bonchev–Trinajstić information content (AvgIpc) is 2.92. The largest absolute Gasteiger partial charge is 0.271 e. The summed E-state index contributed by atoms with van der Waals surface area (Å²) in [6.45, 7) is 5.26. The molecule has 5 nitrogen and oxygen atoms in total. The van der Waals surface area contributed by atoms with Crippen LogP contribution < -0.4 is 11.3 Å². The summed E-state index contributed by atoms with van der Waals surface area (Å²) in [6, 6.07) is 0.326. The van der Waals surface area contributed by atoms with Crippen LogP contribution in [-0.2, 0) is 13.0 Å². The summed E-state index contributed by atoms with van der Waals surface area (Å²) in [5.41, 5.74) is 3.01. The van der Waals surface area contributed by atoms with Crippen molar-refractivity contribution in [1.29, 1.82) is 0 Å². The second-order valence-corrected chi connectivity index (χ2v) is 5.66. The third kappa shape index (κ3) is 3.54. The number of nitrogens with two attached hydrogens (primary N) is 1. The van der Waals surface area contributed by atoms with E-state index in [0.29, 0.717) is 12.0 Å². The lowest BCUT2D eigenvalue weighted by Gasteiger charge is -2.33. The van der Waals surface area contributed by atoms with Crippen LogP contribution in [0.1, 0.15) is 51.8 Å². The minimum Gasteiger partial charge on any atom is -0.271 e. The molecule has 0 bridgehead atoms. The van der Waals surface area contributed by atoms with Gasteiger partial charge in [-0.25, -0.2) is 4.98 Å². The zero-order chi connectivity index (χ0) is 13.7. The van der Waals surface area contributed by atoms with E-state index in [-0.39, 0.29) is 0 Å². The number of nitrogens with one attached hydrogen (secondary N) is 1. The molecule has 1 aromatic heterocycles. The average molecular weight is 265 g/mol. The van der Waals surface area contributed by atoms with Crippen molar-refractivity contribution in [3.05, 3.63) is 12.2 Å². The fourth-order valence-corrected chi connectivity index (χ4v) is 3.27. The summed E-state index contributed by atoms with van der Waals surface area (Å²) < 4.78 is 1.96. The first kappa shape index (κ1) is 14.5. The Morgan fingerprint density at radius 2 is 2.11 bits per heavy atom. The van der Waals surface area contributed by atoms with E-state index in [4.69, 9.17) is 5.84 Å². The number of hydrazine groups is 1. The molecule has 1 aliphatic carbocycles. The van der Waals surface area contributed by atoms with Gasteiger partial charge in [0.25, 0.3) is 0 Å². The van der Waals surface area contributed by atoms with Crippen molar-refractivity contribution < 1.29 is 0 Å². The van der Waals surface area contributed by atoms with Crippen LogP contribution in [0.4, 0.5) is 0 Å².